The van der Waals surface area contributed by atoms with Gasteiger partial charge in [-0.05, 0) is 44.2 Å². The Morgan fingerprint density at radius 2 is 1.94 bits per heavy atom. The molecule has 1 atom stereocenters. The van der Waals surface area contributed by atoms with E-state index in [0.29, 0.717) is 17.5 Å². The molecule has 8 nitrogen and oxygen atoms in total. The van der Waals surface area contributed by atoms with Gasteiger partial charge in [-0.25, -0.2) is 4.98 Å². The molecule has 2 amide bonds. The average Bonchev–Trinajstić information content (AvgIpc) is 3.50. The predicted molar refractivity (Wildman–Crippen MR) is 128 cm³/mol. The molecule has 1 fully saturated rings. The molecule has 2 aromatic carbocycles. The quantitative estimate of drug-likeness (QED) is 0.483. The van der Waals surface area contributed by atoms with Crippen LogP contribution >= 0.6 is 11.3 Å². The number of ether oxygens (including phenoxy) is 1. The summed E-state index contributed by atoms with van der Waals surface area (Å²) >= 11 is 1.46. The number of thiazole rings is 1. The van der Waals surface area contributed by atoms with Gasteiger partial charge < -0.3 is 15.0 Å². The number of nitrogens with zero attached hydrogens (tertiary/aromatic N) is 4. The topological polar surface area (TPSA) is 89.3 Å². The van der Waals surface area contributed by atoms with Crippen LogP contribution < -0.4 is 15.0 Å². The minimum Gasteiger partial charge on any atom is -0.497 e. The van der Waals surface area contributed by atoms with Gasteiger partial charge in [0, 0.05) is 24.7 Å². The second-order valence-electron chi connectivity index (χ2n) is 8.14. The molecule has 1 aliphatic rings. The summed E-state index contributed by atoms with van der Waals surface area (Å²) in [5.41, 5.74) is 3.52. The van der Waals surface area contributed by atoms with Crippen molar-refractivity contribution in [1.82, 2.24) is 14.8 Å². The van der Waals surface area contributed by atoms with E-state index in [1.165, 1.54) is 11.3 Å². The number of benzene rings is 2. The molecule has 1 unspecified atom stereocenters. The second-order valence-corrected chi connectivity index (χ2v) is 9.15. The van der Waals surface area contributed by atoms with E-state index in [1.807, 2.05) is 56.3 Å². The number of carbonyl (C=O) groups is 2. The fourth-order valence-electron chi connectivity index (χ4n) is 3.93. The predicted octanol–water partition coefficient (Wildman–Crippen LogP) is 4.10. The summed E-state index contributed by atoms with van der Waals surface area (Å²) in [5.74, 6) is 0.587. The average molecular weight is 462 g/mol. The number of carbonyl (C=O) groups excluding carboxylic acids is 2. The molecule has 1 saturated heterocycles. The molecule has 2 aromatic heterocycles. The van der Waals surface area contributed by atoms with Crippen LogP contribution in [0.2, 0.25) is 0 Å². The molecule has 1 N–H and O–H groups in total. The lowest BCUT2D eigenvalue weighted by atomic mass is 10.1. The van der Waals surface area contributed by atoms with Gasteiger partial charge in [-0.1, -0.05) is 29.0 Å². The van der Waals surface area contributed by atoms with Gasteiger partial charge in [-0.3, -0.25) is 9.59 Å². The number of amides is 2. The molecule has 9 heteroatoms. The van der Waals surface area contributed by atoms with E-state index in [0.717, 1.165) is 32.9 Å². The number of methoxy groups -OCH3 is 1. The van der Waals surface area contributed by atoms with Gasteiger partial charge >= 0.3 is 0 Å². The van der Waals surface area contributed by atoms with Crippen molar-refractivity contribution in [3.63, 3.8) is 0 Å². The molecule has 0 radical (unpaired) electrons. The highest BCUT2D eigenvalue weighted by Gasteiger charge is 2.35. The smallest absolute Gasteiger partial charge is 0.230 e. The Morgan fingerprint density at radius 1 is 1.15 bits per heavy atom. The number of hydrogen-bond donors (Lipinski definition) is 1. The third-order valence-corrected chi connectivity index (χ3v) is 6.68. The van der Waals surface area contributed by atoms with Gasteiger partial charge in [0.15, 0.2) is 0 Å². The van der Waals surface area contributed by atoms with Crippen molar-refractivity contribution in [2.75, 3.05) is 23.9 Å². The molecule has 4 aromatic rings. The van der Waals surface area contributed by atoms with Crippen LogP contribution in [-0.4, -0.2) is 40.2 Å². The van der Waals surface area contributed by atoms with Crippen LogP contribution in [0.15, 0.2) is 48.5 Å². The number of nitrogens with one attached hydrogen (secondary N) is 1. The fraction of sp³-hybridized carbons (Fsp3) is 0.250. The first-order chi connectivity index (χ1) is 15.9. The third-order valence-electron chi connectivity index (χ3n) is 5.69. The summed E-state index contributed by atoms with van der Waals surface area (Å²) in [6.07, 6.45) is 0.174. The zero-order valence-electron chi connectivity index (χ0n) is 18.5. The molecule has 1 aliphatic heterocycles. The van der Waals surface area contributed by atoms with Crippen LogP contribution in [0.1, 0.15) is 17.7 Å². The Kier molecular flexibility index (Phi) is 5.33. The number of hydrogen-bond acceptors (Lipinski definition) is 6. The highest BCUT2D eigenvalue weighted by molar-refractivity contribution is 7.20. The molecule has 0 saturated carbocycles. The zero-order valence-corrected chi connectivity index (χ0v) is 19.3. The summed E-state index contributed by atoms with van der Waals surface area (Å²) in [7, 11) is 1.63. The van der Waals surface area contributed by atoms with Gasteiger partial charge in [0.1, 0.15) is 11.6 Å². The Bertz CT molecular complexity index is 1360. The normalized spacial score (nSPS) is 15.9. The third kappa shape index (κ3) is 4.07. The first-order valence-corrected chi connectivity index (χ1v) is 11.4. The van der Waals surface area contributed by atoms with Gasteiger partial charge in [0.05, 0.1) is 28.9 Å². The minimum absolute atomic E-state index is 0.0520. The fourth-order valence-corrected chi connectivity index (χ4v) is 4.89. The number of anilines is 2. The maximum atomic E-state index is 13.1. The lowest BCUT2D eigenvalue weighted by Gasteiger charge is -2.17. The molecule has 0 spiro atoms. The van der Waals surface area contributed by atoms with Crippen LogP contribution in [0.25, 0.3) is 15.3 Å². The molecule has 33 heavy (non-hydrogen) atoms. The maximum Gasteiger partial charge on any atom is 0.230 e. The maximum absolute atomic E-state index is 13.1. The van der Waals surface area contributed by atoms with Gasteiger partial charge in [-0.15, -0.1) is 0 Å². The van der Waals surface area contributed by atoms with Crippen LogP contribution in [-0.2, 0) is 9.59 Å². The summed E-state index contributed by atoms with van der Waals surface area (Å²) in [6.45, 7) is 4.21. The second kappa shape index (κ2) is 8.32. The van der Waals surface area contributed by atoms with Crippen LogP contribution in [0.5, 0.6) is 5.75 Å². The Hall–Kier alpha value is -3.72. The van der Waals surface area contributed by atoms with Crippen molar-refractivity contribution < 1.29 is 14.3 Å². The molecule has 5 rings (SSSR count). The van der Waals surface area contributed by atoms with E-state index >= 15 is 0 Å². The van der Waals surface area contributed by atoms with Crippen molar-refractivity contribution in [2.45, 2.75) is 20.3 Å². The first-order valence-electron chi connectivity index (χ1n) is 10.6. The Balaban J connectivity index is 1.37. The Labute approximate surface area is 194 Å². The highest BCUT2D eigenvalue weighted by atomic mass is 32.1. The number of aryl methyl sites for hydroxylation is 2. The van der Waals surface area contributed by atoms with E-state index in [9.17, 15) is 9.59 Å². The summed E-state index contributed by atoms with van der Waals surface area (Å²) in [5, 5.41) is 8.13. The molecule has 3 heterocycles. The van der Waals surface area contributed by atoms with Crippen LogP contribution in [0, 0.1) is 19.8 Å². The lowest BCUT2D eigenvalue weighted by molar-refractivity contribution is -0.122. The van der Waals surface area contributed by atoms with Crippen molar-refractivity contribution in [3.8, 4) is 10.9 Å². The van der Waals surface area contributed by atoms with Gasteiger partial charge in [0.25, 0.3) is 0 Å². The van der Waals surface area contributed by atoms with E-state index < -0.39 is 5.92 Å². The molecule has 0 aliphatic carbocycles. The summed E-state index contributed by atoms with van der Waals surface area (Å²) < 4.78 is 7.90. The van der Waals surface area contributed by atoms with Crippen LogP contribution in [0.4, 0.5) is 11.5 Å². The Morgan fingerprint density at radius 3 is 2.70 bits per heavy atom. The van der Waals surface area contributed by atoms with Crippen molar-refractivity contribution in [3.05, 3.63) is 59.8 Å². The molecular weight excluding hydrogens is 438 g/mol. The van der Waals surface area contributed by atoms with Crippen molar-refractivity contribution >= 4 is 44.9 Å². The summed E-state index contributed by atoms with van der Waals surface area (Å²) in [6, 6.07) is 15.2. The first kappa shape index (κ1) is 21.1. The van der Waals surface area contributed by atoms with Crippen molar-refractivity contribution in [2.24, 2.45) is 5.92 Å². The lowest BCUT2D eigenvalue weighted by Crippen LogP contribution is -2.28. The number of rotatable bonds is 5. The molecule has 168 valence electrons. The highest BCUT2D eigenvalue weighted by Crippen LogP contribution is 2.31. The largest absolute Gasteiger partial charge is 0.497 e. The summed E-state index contributed by atoms with van der Waals surface area (Å²) in [4.78, 5) is 32.0. The molecule has 0 bridgehead atoms. The monoisotopic (exact) mass is 461 g/mol. The van der Waals surface area contributed by atoms with E-state index in [4.69, 9.17) is 4.74 Å². The standard InChI is InChI=1S/C24H23N5O3S/c1-14-4-6-17(7-5-14)28-13-16(11-22(28)30)23(31)26-21-10-15(2)27-29(21)24-25-19-9-8-18(32-3)12-20(19)33-24/h4-10,12,16H,11,13H2,1-3H3,(H,26,31). The van der Waals surface area contributed by atoms with E-state index in [1.54, 1.807) is 22.8 Å². The minimum atomic E-state index is -0.443. The van der Waals surface area contributed by atoms with Gasteiger partial charge in [0.2, 0.25) is 16.9 Å². The number of aromatic nitrogens is 3. The SMILES string of the molecule is COc1ccc2nc(-n3nc(C)cc3NC(=O)C3CC(=O)N(c4ccc(C)cc4)C3)sc2c1. The van der Waals surface area contributed by atoms with Crippen molar-refractivity contribution in [1.29, 1.82) is 0 Å². The van der Waals surface area contributed by atoms with Gasteiger partial charge in [-0.2, -0.15) is 9.78 Å². The number of fused-ring (bicyclic) bond motifs is 1. The zero-order chi connectivity index (χ0) is 23.1. The molecular formula is C24H23N5O3S. The van der Waals surface area contributed by atoms with E-state index in [2.05, 4.69) is 15.4 Å². The van der Waals surface area contributed by atoms with E-state index in [-0.39, 0.29) is 18.2 Å². The van der Waals surface area contributed by atoms with Crippen LogP contribution in [0.3, 0.4) is 0 Å².